The van der Waals surface area contributed by atoms with Gasteiger partial charge >= 0.3 is 5.97 Å². The molecular weight excluding hydrogens is 258 g/mol. The van der Waals surface area contributed by atoms with Crippen LogP contribution in [0, 0.1) is 13.8 Å². The van der Waals surface area contributed by atoms with Crippen molar-refractivity contribution in [3.63, 3.8) is 0 Å². The molecule has 0 bridgehead atoms. The van der Waals surface area contributed by atoms with E-state index in [4.69, 9.17) is 5.11 Å². The summed E-state index contributed by atoms with van der Waals surface area (Å²) in [5, 5.41) is 11.3. The van der Waals surface area contributed by atoms with Crippen LogP contribution < -0.4 is 0 Å². The van der Waals surface area contributed by atoms with Crippen molar-refractivity contribution in [1.82, 2.24) is 15.0 Å². The van der Waals surface area contributed by atoms with Crippen LogP contribution >= 0.6 is 23.1 Å². The lowest BCUT2D eigenvalue weighted by molar-refractivity contribution is 0.0695. The molecule has 0 fully saturated rings. The Morgan fingerprint density at radius 3 is 2.71 bits per heavy atom. The average Bonchev–Trinajstić information content (AvgIpc) is 2.63. The molecule has 1 N–H and O–H groups in total. The van der Waals surface area contributed by atoms with E-state index in [9.17, 15) is 4.79 Å². The van der Waals surface area contributed by atoms with Crippen molar-refractivity contribution in [3.8, 4) is 0 Å². The van der Waals surface area contributed by atoms with Crippen LogP contribution in [0.5, 0.6) is 0 Å². The van der Waals surface area contributed by atoms with Gasteiger partial charge in [0.25, 0.3) is 0 Å². The number of carboxylic acids is 1. The van der Waals surface area contributed by atoms with Gasteiger partial charge in [-0.1, -0.05) is 0 Å². The summed E-state index contributed by atoms with van der Waals surface area (Å²) in [5.74, 6) is -1.01. The molecule has 0 spiro atoms. The van der Waals surface area contributed by atoms with Crippen LogP contribution in [0.4, 0.5) is 0 Å². The van der Waals surface area contributed by atoms with Crippen molar-refractivity contribution in [2.75, 3.05) is 0 Å². The van der Waals surface area contributed by atoms with Crippen LogP contribution in [0.2, 0.25) is 0 Å². The second-order valence-corrected chi connectivity index (χ2v) is 5.39. The highest BCUT2D eigenvalue weighted by molar-refractivity contribution is 8.00. The summed E-state index contributed by atoms with van der Waals surface area (Å²) in [5.41, 5.74) is 1.55. The predicted molar refractivity (Wildman–Crippen MR) is 64.7 cm³/mol. The Morgan fingerprint density at radius 1 is 1.41 bits per heavy atom. The first-order chi connectivity index (χ1) is 8.06. The van der Waals surface area contributed by atoms with Gasteiger partial charge in [0.2, 0.25) is 0 Å². The normalized spacial score (nSPS) is 10.5. The third-order valence-electron chi connectivity index (χ3n) is 1.96. The van der Waals surface area contributed by atoms with Gasteiger partial charge in [0, 0.05) is 17.3 Å². The maximum absolute atomic E-state index is 10.8. The number of rotatable bonds is 3. The van der Waals surface area contributed by atoms with Crippen LogP contribution in [0.1, 0.15) is 21.7 Å². The maximum Gasteiger partial charge on any atom is 0.339 e. The van der Waals surface area contributed by atoms with E-state index in [2.05, 4.69) is 15.0 Å². The van der Waals surface area contributed by atoms with Gasteiger partial charge in [0.1, 0.15) is 0 Å². The lowest BCUT2D eigenvalue weighted by Crippen LogP contribution is -2.03. The van der Waals surface area contributed by atoms with Crippen molar-refractivity contribution in [3.05, 3.63) is 28.5 Å². The number of aryl methyl sites for hydroxylation is 2. The minimum Gasteiger partial charge on any atom is -0.478 e. The van der Waals surface area contributed by atoms with Crippen molar-refractivity contribution < 1.29 is 9.90 Å². The highest BCUT2D eigenvalue weighted by atomic mass is 32.2. The molecule has 2 aromatic rings. The molecule has 7 heteroatoms. The van der Waals surface area contributed by atoms with Gasteiger partial charge in [-0.15, -0.1) is 11.3 Å². The van der Waals surface area contributed by atoms with Gasteiger partial charge in [-0.25, -0.2) is 19.7 Å². The second kappa shape index (κ2) is 4.80. The van der Waals surface area contributed by atoms with E-state index < -0.39 is 5.97 Å². The number of hydrogen-bond donors (Lipinski definition) is 1. The lowest BCUT2D eigenvalue weighted by Gasteiger charge is -2.01. The molecule has 0 aliphatic rings. The SMILES string of the molecule is Cc1csc(Sc2ncc(C(=O)O)c(C)n2)n1. The van der Waals surface area contributed by atoms with E-state index >= 15 is 0 Å². The smallest absolute Gasteiger partial charge is 0.339 e. The molecule has 2 heterocycles. The highest BCUT2D eigenvalue weighted by Crippen LogP contribution is 2.27. The van der Waals surface area contributed by atoms with E-state index in [1.54, 1.807) is 6.92 Å². The zero-order chi connectivity index (χ0) is 12.4. The number of hydrogen-bond acceptors (Lipinski definition) is 6. The summed E-state index contributed by atoms with van der Waals surface area (Å²) in [4.78, 5) is 23.2. The van der Waals surface area contributed by atoms with Crippen LogP contribution in [-0.4, -0.2) is 26.0 Å². The van der Waals surface area contributed by atoms with Crippen molar-refractivity contribution in [2.24, 2.45) is 0 Å². The first-order valence-electron chi connectivity index (χ1n) is 4.73. The summed E-state index contributed by atoms with van der Waals surface area (Å²) in [6.07, 6.45) is 1.33. The van der Waals surface area contributed by atoms with Crippen LogP contribution in [0.3, 0.4) is 0 Å². The number of carboxylic acid groups (broad SMARTS) is 1. The minimum atomic E-state index is -1.01. The topological polar surface area (TPSA) is 76.0 Å². The van der Waals surface area contributed by atoms with Gasteiger partial charge in [-0.3, -0.25) is 0 Å². The number of aromatic nitrogens is 3. The Balaban J connectivity index is 2.23. The molecule has 0 amide bonds. The first kappa shape index (κ1) is 12.0. The monoisotopic (exact) mass is 267 g/mol. The Kier molecular flexibility index (Phi) is 3.39. The lowest BCUT2D eigenvalue weighted by atomic mass is 10.2. The van der Waals surface area contributed by atoms with Crippen LogP contribution in [0.15, 0.2) is 21.1 Å². The Labute approximate surface area is 106 Å². The molecule has 0 aliphatic heterocycles. The molecule has 0 aliphatic carbocycles. The summed E-state index contributed by atoms with van der Waals surface area (Å²) in [6, 6.07) is 0. The van der Waals surface area contributed by atoms with Crippen molar-refractivity contribution in [2.45, 2.75) is 23.3 Å². The molecule has 0 saturated heterocycles. The van der Waals surface area contributed by atoms with E-state index in [1.807, 2.05) is 12.3 Å². The molecule has 0 aromatic carbocycles. The van der Waals surface area contributed by atoms with E-state index in [0.29, 0.717) is 10.9 Å². The molecule has 88 valence electrons. The molecule has 17 heavy (non-hydrogen) atoms. The predicted octanol–water partition coefficient (Wildman–Crippen LogP) is 2.40. The number of carbonyl (C=O) groups is 1. The van der Waals surface area contributed by atoms with Crippen LogP contribution in [0.25, 0.3) is 0 Å². The molecule has 2 aromatic heterocycles. The van der Waals surface area contributed by atoms with Gasteiger partial charge in [0.15, 0.2) is 9.50 Å². The second-order valence-electron chi connectivity index (χ2n) is 3.31. The largest absolute Gasteiger partial charge is 0.478 e. The third kappa shape index (κ3) is 2.80. The molecule has 0 unspecified atom stereocenters. The Morgan fingerprint density at radius 2 is 2.18 bits per heavy atom. The fraction of sp³-hybridized carbons (Fsp3) is 0.200. The summed E-state index contributed by atoms with van der Waals surface area (Å²) >= 11 is 2.85. The standard InChI is InChI=1S/C10H9N3O2S2/c1-5-4-16-10(12-5)17-9-11-3-7(8(14)15)6(2)13-9/h3-4H,1-2H3,(H,14,15). The zero-order valence-electron chi connectivity index (χ0n) is 9.17. The molecule has 0 atom stereocenters. The Hall–Kier alpha value is -1.47. The van der Waals surface area contributed by atoms with Crippen molar-refractivity contribution in [1.29, 1.82) is 0 Å². The number of aromatic carboxylic acids is 1. The summed E-state index contributed by atoms with van der Waals surface area (Å²) in [7, 11) is 0. The molecule has 2 rings (SSSR count). The van der Waals surface area contributed by atoms with Gasteiger partial charge in [0.05, 0.1) is 11.3 Å². The third-order valence-corrected chi connectivity index (χ3v) is 3.90. The number of nitrogens with zero attached hydrogens (tertiary/aromatic N) is 3. The van der Waals surface area contributed by atoms with E-state index in [1.165, 1.54) is 29.3 Å². The van der Waals surface area contributed by atoms with Crippen molar-refractivity contribution >= 4 is 29.1 Å². The first-order valence-corrected chi connectivity index (χ1v) is 6.43. The molecular formula is C10H9N3O2S2. The Bertz CT molecular complexity index is 568. The fourth-order valence-corrected chi connectivity index (χ4v) is 2.88. The zero-order valence-corrected chi connectivity index (χ0v) is 10.8. The molecule has 0 saturated carbocycles. The van der Waals surface area contributed by atoms with Gasteiger partial charge in [-0.05, 0) is 25.6 Å². The van der Waals surface area contributed by atoms with Crippen LogP contribution in [-0.2, 0) is 0 Å². The minimum absolute atomic E-state index is 0.129. The summed E-state index contributed by atoms with van der Waals surface area (Å²) in [6.45, 7) is 3.57. The molecule has 0 radical (unpaired) electrons. The fourth-order valence-electron chi connectivity index (χ4n) is 1.16. The quantitative estimate of drug-likeness (QED) is 0.860. The van der Waals surface area contributed by atoms with E-state index in [0.717, 1.165) is 10.0 Å². The molecule has 5 nitrogen and oxygen atoms in total. The van der Waals surface area contributed by atoms with Gasteiger partial charge in [-0.2, -0.15) is 0 Å². The highest BCUT2D eigenvalue weighted by Gasteiger charge is 2.11. The number of thiazole rings is 1. The van der Waals surface area contributed by atoms with Gasteiger partial charge < -0.3 is 5.11 Å². The van der Waals surface area contributed by atoms with E-state index in [-0.39, 0.29) is 5.56 Å². The average molecular weight is 267 g/mol. The maximum atomic E-state index is 10.8. The summed E-state index contributed by atoms with van der Waals surface area (Å²) < 4.78 is 0.852.